The Morgan fingerprint density at radius 2 is 2.12 bits per heavy atom. The molecule has 1 aromatic carbocycles. The van der Waals surface area contributed by atoms with Crippen LogP contribution in [0.1, 0.15) is 19.8 Å². The Hall–Kier alpha value is -1.28. The summed E-state index contributed by atoms with van der Waals surface area (Å²) in [5.74, 6) is 0.946. The molecule has 0 aliphatic carbocycles. The molecular weight excluding hydrogens is 198 g/mol. The van der Waals surface area contributed by atoms with E-state index in [0.717, 1.165) is 31.7 Å². The second kappa shape index (κ2) is 7.94. The summed E-state index contributed by atoms with van der Waals surface area (Å²) < 4.78 is 5.59. The van der Waals surface area contributed by atoms with Crippen molar-refractivity contribution in [2.24, 2.45) is 0 Å². The molecule has 0 aliphatic rings. The number of para-hydroxylation sites is 1. The molecule has 1 unspecified atom stereocenters. The largest absolute Gasteiger partial charge is 0.494 e. The Balaban J connectivity index is 2.02. The molecule has 1 N–H and O–H groups in total. The van der Waals surface area contributed by atoms with Gasteiger partial charge >= 0.3 is 0 Å². The highest BCUT2D eigenvalue weighted by molar-refractivity contribution is 5.20. The average molecular weight is 219 g/mol. The van der Waals surface area contributed by atoms with Crippen LogP contribution in [0.2, 0.25) is 0 Å². The van der Waals surface area contributed by atoms with E-state index >= 15 is 0 Å². The van der Waals surface area contributed by atoms with Gasteiger partial charge in [0.15, 0.2) is 0 Å². The van der Waals surface area contributed by atoms with Gasteiger partial charge in [-0.3, -0.25) is 0 Å². The van der Waals surface area contributed by atoms with Crippen molar-refractivity contribution in [2.45, 2.75) is 25.8 Å². The summed E-state index contributed by atoms with van der Waals surface area (Å²) in [7, 11) is 0. The fourth-order valence-corrected chi connectivity index (χ4v) is 1.46. The van der Waals surface area contributed by atoms with Crippen LogP contribution < -0.4 is 10.1 Å². The van der Waals surface area contributed by atoms with Gasteiger partial charge in [-0.15, -0.1) is 6.58 Å². The molecule has 0 spiro atoms. The quantitative estimate of drug-likeness (QED) is 0.536. The van der Waals surface area contributed by atoms with Gasteiger partial charge in [0.1, 0.15) is 5.75 Å². The third kappa shape index (κ3) is 5.56. The molecule has 0 heterocycles. The van der Waals surface area contributed by atoms with Crippen LogP contribution in [0.5, 0.6) is 5.75 Å². The van der Waals surface area contributed by atoms with E-state index in [0.29, 0.717) is 6.04 Å². The minimum atomic E-state index is 0.509. The van der Waals surface area contributed by atoms with E-state index in [1.54, 1.807) is 0 Å². The predicted molar refractivity (Wildman–Crippen MR) is 68.8 cm³/mol. The molecule has 1 atom stereocenters. The molecule has 0 saturated carbocycles. The molecule has 0 radical (unpaired) electrons. The molecule has 1 rings (SSSR count). The highest BCUT2D eigenvalue weighted by Crippen LogP contribution is 2.08. The third-order valence-corrected chi connectivity index (χ3v) is 2.35. The minimum absolute atomic E-state index is 0.509. The summed E-state index contributed by atoms with van der Waals surface area (Å²) in [5.41, 5.74) is 0. The first-order chi connectivity index (χ1) is 7.83. The molecule has 0 aliphatic heterocycles. The average Bonchev–Trinajstić information content (AvgIpc) is 2.30. The second-order valence-corrected chi connectivity index (χ2v) is 3.89. The fraction of sp³-hybridized carbons (Fsp3) is 0.429. The highest BCUT2D eigenvalue weighted by Gasteiger charge is 1.97. The molecule has 2 nitrogen and oxygen atoms in total. The zero-order valence-corrected chi connectivity index (χ0v) is 9.99. The Morgan fingerprint density at radius 1 is 1.38 bits per heavy atom. The van der Waals surface area contributed by atoms with Crippen molar-refractivity contribution < 1.29 is 4.74 Å². The second-order valence-electron chi connectivity index (χ2n) is 3.89. The molecule has 0 saturated heterocycles. The Morgan fingerprint density at radius 3 is 2.81 bits per heavy atom. The monoisotopic (exact) mass is 219 g/mol. The van der Waals surface area contributed by atoms with Gasteiger partial charge in [-0.25, -0.2) is 0 Å². The van der Waals surface area contributed by atoms with E-state index in [1.165, 1.54) is 0 Å². The van der Waals surface area contributed by atoms with E-state index in [4.69, 9.17) is 4.74 Å². The Labute approximate surface area is 98.3 Å². The van der Waals surface area contributed by atoms with E-state index in [2.05, 4.69) is 18.8 Å². The zero-order chi connectivity index (χ0) is 11.6. The summed E-state index contributed by atoms with van der Waals surface area (Å²) in [6.07, 6.45) is 3.98. The van der Waals surface area contributed by atoms with E-state index in [1.807, 2.05) is 36.4 Å². The summed E-state index contributed by atoms with van der Waals surface area (Å²) in [5, 5.41) is 3.42. The van der Waals surface area contributed by atoms with Crippen LogP contribution in [0.15, 0.2) is 43.0 Å². The lowest BCUT2D eigenvalue weighted by Gasteiger charge is -2.11. The van der Waals surface area contributed by atoms with Gasteiger partial charge < -0.3 is 10.1 Å². The first-order valence-electron chi connectivity index (χ1n) is 5.85. The first-order valence-corrected chi connectivity index (χ1v) is 5.85. The lowest BCUT2D eigenvalue weighted by atomic mass is 10.2. The van der Waals surface area contributed by atoms with Gasteiger partial charge in [0.25, 0.3) is 0 Å². The van der Waals surface area contributed by atoms with Crippen molar-refractivity contribution >= 4 is 0 Å². The summed E-state index contributed by atoms with van der Waals surface area (Å²) in [6.45, 7) is 7.64. The van der Waals surface area contributed by atoms with Gasteiger partial charge in [0, 0.05) is 6.04 Å². The molecule has 0 aromatic heterocycles. The fourth-order valence-electron chi connectivity index (χ4n) is 1.46. The van der Waals surface area contributed by atoms with Crippen LogP contribution >= 0.6 is 0 Å². The Bertz CT molecular complexity index is 284. The van der Waals surface area contributed by atoms with Crippen molar-refractivity contribution in [1.82, 2.24) is 5.32 Å². The normalized spacial score (nSPS) is 12.1. The molecule has 0 bridgehead atoms. The van der Waals surface area contributed by atoms with E-state index in [-0.39, 0.29) is 0 Å². The first kappa shape index (κ1) is 12.8. The molecule has 1 aromatic rings. The van der Waals surface area contributed by atoms with E-state index < -0.39 is 0 Å². The van der Waals surface area contributed by atoms with Gasteiger partial charge in [-0.2, -0.15) is 0 Å². The van der Waals surface area contributed by atoms with Crippen LogP contribution in [-0.2, 0) is 0 Å². The van der Waals surface area contributed by atoms with Gasteiger partial charge in [-0.1, -0.05) is 24.3 Å². The zero-order valence-electron chi connectivity index (χ0n) is 9.99. The molecular formula is C14H21NO. The van der Waals surface area contributed by atoms with Crippen molar-refractivity contribution in [1.29, 1.82) is 0 Å². The van der Waals surface area contributed by atoms with Crippen molar-refractivity contribution in [3.63, 3.8) is 0 Å². The van der Waals surface area contributed by atoms with Gasteiger partial charge in [0.2, 0.25) is 0 Å². The van der Waals surface area contributed by atoms with Crippen molar-refractivity contribution in [3.05, 3.63) is 43.0 Å². The summed E-state index contributed by atoms with van der Waals surface area (Å²) in [6, 6.07) is 10.4. The maximum atomic E-state index is 5.59. The SMILES string of the molecule is C=CCC(C)NCCCOc1ccccc1. The van der Waals surface area contributed by atoms with Crippen LogP contribution in [0.3, 0.4) is 0 Å². The topological polar surface area (TPSA) is 21.3 Å². The molecule has 0 amide bonds. The maximum Gasteiger partial charge on any atom is 0.119 e. The van der Waals surface area contributed by atoms with Crippen LogP contribution in [-0.4, -0.2) is 19.2 Å². The number of hydrogen-bond donors (Lipinski definition) is 1. The van der Waals surface area contributed by atoms with Crippen molar-refractivity contribution in [3.8, 4) is 5.75 Å². The lowest BCUT2D eigenvalue weighted by Crippen LogP contribution is -2.27. The lowest BCUT2D eigenvalue weighted by molar-refractivity contribution is 0.305. The van der Waals surface area contributed by atoms with E-state index in [9.17, 15) is 0 Å². The number of nitrogens with one attached hydrogen (secondary N) is 1. The van der Waals surface area contributed by atoms with Crippen molar-refractivity contribution in [2.75, 3.05) is 13.2 Å². The third-order valence-electron chi connectivity index (χ3n) is 2.35. The van der Waals surface area contributed by atoms with Crippen LogP contribution in [0.25, 0.3) is 0 Å². The standard InChI is InChI=1S/C14H21NO/c1-3-8-13(2)15-11-7-12-16-14-9-5-4-6-10-14/h3-6,9-10,13,15H,1,7-8,11-12H2,2H3. The maximum absolute atomic E-state index is 5.59. The summed E-state index contributed by atoms with van der Waals surface area (Å²) >= 11 is 0. The molecule has 88 valence electrons. The number of ether oxygens (including phenoxy) is 1. The highest BCUT2D eigenvalue weighted by atomic mass is 16.5. The molecule has 2 heteroatoms. The molecule has 0 fully saturated rings. The Kier molecular flexibility index (Phi) is 6.35. The smallest absolute Gasteiger partial charge is 0.119 e. The summed E-state index contributed by atoms with van der Waals surface area (Å²) in [4.78, 5) is 0. The van der Waals surface area contributed by atoms with Gasteiger partial charge in [-0.05, 0) is 38.4 Å². The van der Waals surface area contributed by atoms with Crippen LogP contribution in [0.4, 0.5) is 0 Å². The van der Waals surface area contributed by atoms with Crippen LogP contribution in [0, 0.1) is 0 Å². The number of benzene rings is 1. The number of hydrogen-bond acceptors (Lipinski definition) is 2. The predicted octanol–water partition coefficient (Wildman–Crippen LogP) is 3.01. The van der Waals surface area contributed by atoms with Gasteiger partial charge in [0.05, 0.1) is 6.61 Å². The number of rotatable bonds is 8. The molecule has 16 heavy (non-hydrogen) atoms. The minimum Gasteiger partial charge on any atom is -0.494 e.